The van der Waals surface area contributed by atoms with E-state index in [1.807, 2.05) is 18.2 Å². The van der Waals surface area contributed by atoms with Crippen LogP contribution in [-0.2, 0) is 12.8 Å². The van der Waals surface area contributed by atoms with Crippen molar-refractivity contribution in [1.82, 2.24) is 4.98 Å². The highest BCUT2D eigenvalue weighted by Crippen LogP contribution is 2.29. The van der Waals surface area contributed by atoms with Gasteiger partial charge in [-0.2, -0.15) is 0 Å². The highest BCUT2D eigenvalue weighted by atomic mass is 35.5. The van der Waals surface area contributed by atoms with Crippen molar-refractivity contribution in [2.45, 2.75) is 25.7 Å². The van der Waals surface area contributed by atoms with Crippen molar-refractivity contribution >= 4 is 17.6 Å². The molecule has 0 spiro atoms. The van der Waals surface area contributed by atoms with Crippen molar-refractivity contribution < 1.29 is 9.90 Å². The summed E-state index contributed by atoms with van der Waals surface area (Å²) in [5.41, 5.74) is 6.10. The maximum atomic E-state index is 11.6. The van der Waals surface area contributed by atoms with Gasteiger partial charge in [0.1, 0.15) is 0 Å². The Balaban J connectivity index is 1.83. The monoisotopic (exact) mass is 363 g/mol. The van der Waals surface area contributed by atoms with Gasteiger partial charge in [-0.1, -0.05) is 35.9 Å². The summed E-state index contributed by atoms with van der Waals surface area (Å²) in [6.45, 7) is 0. The molecule has 4 heteroatoms. The molecule has 0 saturated heterocycles. The fourth-order valence-electron chi connectivity index (χ4n) is 3.46. The molecule has 1 N–H and O–H groups in total. The molecule has 0 amide bonds. The lowest BCUT2D eigenvalue weighted by Crippen LogP contribution is -2.03. The van der Waals surface area contributed by atoms with Crippen LogP contribution in [0.5, 0.6) is 0 Å². The molecule has 1 aromatic heterocycles. The maximum absolute atomic E-state index is 11.6. The third-order valence-corrected chi connectivity index (χ3v) is 5.11. The Morgan fingerprint density at radius 2 is 1.46 bits per heavy atom. The van der Waals surface area contributed by atoms with Crippen LogP contribution in [0.15, 0.2) is 54.6 Å². The van der Waals surface area contributed by atoms with Gasteiger partial charge in [0.05, 0.1) is 17.0 Å². The molecule has 0 unspecified atom stereocenters. The Labute approximate surface area is 157 Å². The van der Waals surface area contributed by atoms with Gasteiger partial charge in [-0.05, 0) is 67.1 Å². The van der Waals surface area contributed by atoms with Crippen molar-refractivity contribution in [2.75, 3.05) is 0 Å². The quantitative estimate of drug-likeness (QED) is 0.654. The summed E-state index contributed by atoms with van der Waals surface area (Å²) < 4.78 is 0. The average Bonchev–Trinajstić information content (AvgIpc) is 2.67. The standard InChI is InChI=1S/C22H18ClNO2/c23-19-9-7-15(8-10-19)20-12-18(22(25)26)13-21(24-20)17-6-5-14-3-1-2-4-16(14)11-17/h5-13H,1-4H2,(H,25,26). The van der Waals surface area contributed by atoms with Gasteiger partial charge in [-0.15, -0.1) is 0 Å². The van der Waals surface area contributed by atoms with E-state index in [1.165, 1.54) is 24.0 Å². The van der Waals surface area contributed by atoms with Gasteiger partial charge in [0.15, 0.2) is 0 Å². The number of carboxylic acid groups (broad SMARTS) is 1. The van der Waals surface area contributed by atoms with Gasteiger partial charge in [0.2, 0.25) is 0 Å². The normalized spacial score (nSPS) is 13.3. The molecule has 0 aliphatic heterocycles. The van der Waals surface area contributed by atoms with Gasteiger partial charge in [0.25, 0.3) is 0 Å². The molecule has 0 radical (unpaired) electrons. The highest BCUT2D eigenvalue weighted by molar-refractivity contribution is 6.30. The first kappa shape index (κ1) is 16.8. The van der Waals surface area contributed by atoms with Crippen LogP contribution in [0.2, 0.25) is 5.02 Å². The largest absolute Gasteiger partial charge is 0.478 e. The summed E-state index contributed by atoms with van der Waals surface area (Å²) in [6, 6.07) is 16.9. The number of rotatable bonds is 3. The number of benzene rings is 2. The van der Waals surface area contributed by atoms with Crippen LogP contribution in [0.4, 0.5) is 0 Å². The topological polar surface area (TPSA) is 50.2 Å². The molecule has 3 nitrogen and oxygen atoms in total. The Morgan fingerprint density at radius 1 is 0.846 bits per heavy atom. The smallest absolute Gasteiger partial charge is 0.335 e. The van der Waals surface area contributed by atoms with Crippen LogP contribution >= 0.6 is 11.6 Å². The number of aromatic carboxylic acids is 1. The van der Waals surface area contributed by atoms with Crippen LogP contribution in [0, 0.1) is 0 Å². The Bertz CT molecular complexity index is 980. The SMILES string of the molecule is O=C(O)c1cc(-c2ccc(Cl)cc2)nc(-c2ccc3c(c2)CCCC3)c1. The van der Waals surface area contributed by atoms with Gasteiger partial charge >= 0.3 is 5.97 Å². The fraction of sp³-hybridized carbons (Fsp3) is 0.182. The van der Waals surface area contributed by atoms with E-state index >= 15 is 0 Å². The third kappa shape index (κ3) is 3.35. The molecule has 130 valence electrons. The molecule has 26 heavy (non-hydrogen) atoms. The predicted molar refractivity (Wildman–Crippen MR) is 104 cm³/mol. The van der Waals surface area contributed by atoms with Crippen LogP contribution in [-0.4, -0.2) is 16.1 Å². The van der Waals surface area contributed by atoms with Crippen LogP contribution in [0.1, 0.15) is 34.3 Å². The van der Waals surface area contributed by atoms with Crippen molar-refractivity contribution in [2.24, 2.45) is 0 Å². The second kappa shape index (κ2) is 6.93. The van der Waals surface area contributed by atoms with Crippen molar-refractivity contribution in [3.05, 3.63) is 76.3 Å². The summed E-state index contributed by atoms with van der Waals surface area (Å²) >= 11 is 5.96. The Morgan fingerprint density at radius 3 is 2.15 bits per heavy atom. The third-order valence-electron chi connectivity index (χ3n) is 4.86. The first-order chi connectivity index (χ1) is 12.6. The molecule has 0 bridgehead atoms. The number of fused-ring (bicyclic) bond motifs is 1. The predicted octanol–water partition coefficient (Wildman–Crippen LogP) is 5.65. The van der Waals surface area contributed by atoms with Gasteiger partial charge in [-0.25, -0.2) is 9.78 Å². The molecule has 1 heterocycles. The zero-order valence-electron chi connectivity index (χ0n) is 14.2. The molecule has 1 aliphatic carbocycles. The van der Waals surface area contributed by atoms with E-state index in [2.05, 4.69) is 12.1 Å². The zero-order valence-corrected chi connectivity index (χ0v) is 15.0. The van der Waals surface area contributed by atoms with E-state index in [9.17, 15) is 9.90 Å². The number of pyridine rings is 1. The minimum atomic E-state index is -0.957. The molecular weight excluding hydrogens is 346 g/mol. The van der Waals surface area contributed by atoms with E-state index in [1.54, 1.807) is 24.3 Å². The summed E-state index contributed by atoms with van der Waals surface area (Å²) in [6.07, 6.45) is 4.63. The summed E-state index contributed by atoms with van der Waals surface area (Å²) in [5, 5.41) is 10.2. The molecule has 3 aromatic rings. The first-order valence-corrected chi connectivity index (χ1v) is 9.11. The van der Waals surface area contributed by atoms with Crippen molar-refractivity contribution in [3.8, 4) is 22.5 Å². The lowest BCUT2D eigenvalue weighted by atomic mass is 9.89. The van der Waals surface area contributed by atoms with Gasteiger partial charge in [0, 0.05) is 16.1 Å². The van der Waals surface area contributed by atoms with E-state index in [0.29, 0.717) is 16.4 Å². The fourth-order valence-corrected chi connectivity index (χ4v) is 3.59. The second-order valence-corrected chi connectivity index (χ2v) is 7.07. The van der Waals surface area contributed by atoms with E-state index in [0.717, 1.165) is 24.0 Å². The lowest BCUT2D eigenvalue weighted by molar-refractivity contribution is 0.0697. The average molecular weight is 364 g/mol. The number of carbonyl (C=O) groups is 1. The number of hydrogen-bond donors (Lipinski definition) is 1. The van der Waals surface area contributed by atoms with E-state index in [-0.39, 0.29) is 5.56 Å². The number of hydrogen-bond acceptors (Lipinski definition) is 2. The van der Waals surface area contributed by atoms with Crippen LogP contribution < -0.4 is 0 Å². The lowest BCUT2D eigenvalue weighted by Gasteiger charge is -2.17. The van der Waals surface area contributed by atoms with E-state index in [4.69, 9.17) is 16.6 Å². The summed E-state index contributed by atoms with van der Waals surface area (Å²) in [5.74, 6) is -0.957. The Hall–Kier alpha value is -2.65. The number of aryl methyl sites for hydroxylation is 2. The maximum Gasteiger partial charge on any atom is 0.335 e. The van der Waals surface area contributed by atoms with E-state index < -0.39 is 5.97 Å². The number of aromatic nitrogens is 1. The molecule has 2 aromatic carbocycles. The number of carboxylic acids is 1. The van der Waals surface area contributed by atoms with Gasteiger partial charge < -0.3 is 5.11 Å². The van der Waals surface area contributed by atoms with Crippen molar-refractivity contribution in [1.29, 1.82) is 0 Å². The second-order valence-electron chi connectivity index (χ2n) is 6.63. The number of nitrogens with zero attached hydrogens (tertiary/aromatic N) is 1. The van der Waals surface area contributed by atoms with Gasteiger partial charge in [-0.3, -0.25) is 0 Å². The summed E-state index contributed by atoms with van der Waals surface area (Å²) in [4.78, 5) is 16.3. The summed E-state index contributed by atoms with van der Waals surface area (Å²) in [7, 11) is 0. The molecule has 0 saturated carbocycles. The molecular formula is C22H18ClNO2. The number of halogens is 1. The van der Waals surface area contributed by atoms with Crippen LogP contribution in [0.3, 0.4) is 0 Å². The molecule has 4 rings (SSSR count). The molecule has 0 fully saturated rings. The van der Waals surface area contributed by atoms with Crippen molar-refractivity contribution in [3.63, 3.8) is 0 Å². The Kier molecular flexibility index (Phi) is 4.48. The minimum Gasteiger partial charge on any atom is -0.478 e. The first-order valence-electron chi connectivity index (χ1n) is 8.74. The minimum absolute atomic E-state index is 0.234. The highest BCUT2D eigenvalue weighted by Gasteiger charge is 2.14. The van der Waals surface area contributed by atoms with Crippen LogP contribution in [0.25, 0.3) is 22.5 Å². The molecule has 0 atom stereocenters. The molecule has 1 aliphatic rings. The zero-order chi connectivity index (χ0) is 18.1.